The summed E-state index contributed by atoms with van der Waals surface area (Å²) in [6.45, 7) is 11.8. The van der Waals surface area contributed by atoms with Crippen LogP contribution in [0, 0.1) is 6.92 Å². The van der Waals surface area contributed by atoms with Gasteiger partial charge in [-0.25, -0.2) is 4.98 Å². The minimum atomic E-state index is 0.0763. The molecule has 0 aliphatic carbocycles. The zero-order chi connectivity index (χ0) is 17.6. The van der Waals surface area contributed by atoms with E-state index < -0.39 is 0 Å². The molecule has 0 aliphatic rings. The van der Waals surface area contributed by atoms with E-state index in [2.05, 4.69) is 72.6 Å². The Balaban J connectivity index is 2.17. The number of rotatable bonds is 7. The summed E-state index contributed by atoms with van der Waals surface area (Å²) in [5.74, 6) is 1.53. The summed E-state index contributed by atoms with van der Waals surface area (Å²) in [7, 11) is 0. The van der Waals surface area contributed by atoms with Gasteiger partial charge in [0.25, 0.3) is 0 Å². The second kappa shape index (κ2) is 8.13. The van der Waals surface area contributed by atoms with Gasteiger partial charge in [0, 0.05) is 24.0 Å². The van der Waals surface area contributed by atoms with Crippen LogP contribution in [-0.2, 0) is 5.41 Å². The number of benzene rings is 1. The van der Waals surface area contributed by atoms with Gasteiger partial charge in [-0.05, 0) is 30.4 Å². The molecule has 2 aromatic rings. The van der Waals surface area contributed by atoms with Crippen molar-refractivity contribution in [2.75, 3.05) is 17.2 Å². The highest BCUT2D eigenvalue weighted by molar-refractivity contribution is 5.63. The van der Waals surface area contributed by atoms with Crippen molar-refractivity contribution in [2.24, 2.45) is 0 Å². The fourth-order valence-electron chi connectivity index (χ4n) is 2.67. The Morgan fingerprint density at radius 3 is 2.50 bits per heavy atom. The molecule has 1 aromatic heterocycles. The van der Waals surface area contributed by atoms with Gasteiger partial charge in [0.15, 0.2) is 0 Å². The highest BCUT2D eigenvalue weighted by Crippen LogP contribution is 2.31. The van der Waals surface area contributed by atoms with Gasteiger partial charge in [-0.1, -0.05) is 58.7 Å². The maximum atomic E-state index is 4.62. The van der Waals surface area contributed by atoms with Gasteiger partial charge in [0.05, 0.1) is 0 Å². The molecule has 0 saturated heterocycles. The first kappa shape index (κ1) is 18.2. The summed E-state index contributed by atoms with van der Waals surface area (Å²) in [5, 5.41) is 6.80. The number of aromatic nitrogens is 2. The minimum absolute atomic E-state index is 0.0763. The molecule has 0 saturated carbocycles. The molecule has 0 atom stereocenters. The van der Waals surface area contributed by atoms with Crippen LogP contribution in [0.15, 0.2) is 30.3 Å². The molecule has 2 rings (SSSR count). The Hall–Kier alpha value is -2.10. The highest BCUT2D eigenvalue weighted by Gasteiger charge is 2.17. The predicted molar refractivity (Wildman–Crippen MR) is 103 cm³/mol. The lowest BCUT2D eigenvalue weighted by Gasteiger charge is -2.23. The molecule has 0 spiro atoms. The van der Waals surface area contributed by atoms with Crippen LogP contribution in [0.25, 0.3) is 0 Å². The van der Waals surface area contributed by atoms with Crippen molar-refractivity contribution in [1.29, 1.82) is 0 Å². The summed E-state index contributed by atoms with van der Waals surface area (Å²) < 4.78 is 0. The molecule has 2 N–H and O–H groups in total. The van der Waals surface area contributed by atoms with Crippen molar-refractivity contribution in [2.45, 2.75) is 59.3 Å². The van der Waals surface area contributed by atoms with E-state index in [1.807, 2.05) is 13.0 Å². The lowest BCUT2D eigenvalue weighted by Crippen LogP contribution is -2.14. The highest BCUT2D eigenvalue weighted by atomic mass is 15.1. The number of unbranched alkanes of at least 4 members (excludes halogenated alkanes) is 2. The topological polar surface area (TPSA) is 49.8 Å². The molecule has 0 bridgehead atoms. The van der Waals surface area contributed by atoms with Crippen molar-refractivity contribution < 1.29 is 0 Å². The van der Waals surface area contributed by atoms with Gasteiger partial charge in [0.1, 0.15) is 5.82 Å². The van der Waals surface area contributed by atoms with Gasteiger partial charge < -0.3 is 10.6 Å². The average molecular weight is 326 g/mol. The Morgan fingerprint density at radius 1 is 1.04 bits per heavy atom. The van der Waals surface area contributed by atoms with Crippen molar-refractivity contribution in [3.8, 4) is 0 Å². The number of nitrogens with zero attached hydrogens (tertiary/aromatic N) is 2. The standard InChI is InChI=1S/C20H30N4/c1-6-7-10-13-21-19-22-15(2)14-18(24-19)23-17-12-9-8-11-16(17)20(3,4)5/h8-9,11-12,14H,6-7,10,13H2,1-5H3,(H2,21,22,23,24). The summed E-state index contributed by atoms with van der Waals surface area (Å²) in [4.78, 5) is 9.10. The van der Waals surface area contributed by atoms with E-state index >= 15 is 0 Å². The molecule has 0 aliphatic heterocycles. The number of anilines is 3. The smallest absolute Gasteiger partial charge is 0.224 e. The van der Waals surface area contributed by atoms with E-state index in [4.69, 9.17) is 0 Å². The predicted octanol–water partition coefficient (Wildman–Crippen LogP) is 5.43. The van der Waals surface area contributed by atoms with Crippen LogP contribution in [0.5, 0.6) is 0 Å². The third kappa shape index (κ3) is 5.22. The van der Waals surface area contributed by atoms with Crippen LogP contribution in [0.4, 0.5) is 17.5 Å². The fourth-order valence-corrected chi connectivity index (χ4v) is 2.67. The quantitative estimate of drug-likeness (QED) is 0.666. The van der Waals surface area contributed by atoms with E-state index in [0.717, 1.165) is 30.2 Å². The molecule has 4 heteroatoms. The molecule has 24 heavy (non-hydrogen) atoms. The zero-order valence-corrected chi connectivity index (χ0v) is 15.6. The Morgan fingerprint density at radius 2 is 1.79 bits per heavy atom. The normalized spacial score (nSPS) is 11.4. The molecule has 4 nitrogen and oxygen atoms in total. The summed E-state index contributed by atoms with van der Waals surface area (Å²) in [5.41, 5.74) is 3.41. The molecular weight excluding hydrogens is 296 g/mol. The van der Waals surface area contributed by atoms with Gasteiger partial charge in [-0.3, -0.25) is 0 Å². The van der Waals surface area contributed by atoms with E-state index in [1.165, 1.54) is 18.4 Å². The van der Waals surface area contributed by atoms with Crippen LogP contribution in [0.2, 0.25) is 0 Å². The number of para-hydroxylation sites is 1. The van der Waals surface area contributed by atoms with E-state index in [0.29, 0.717) is 5.95 Å². The third-order valence-electron chi connectivity index (χ3n) is 3.92. The summed E-state index contributed by atoms with van der Waals surface area (Å²) >= 11 is 0. The Bertz CT molecular complexity index is 659. The number of hydrogen-bond donors (Lipinski definition) is 2. The molecule has 0 amide bonds. The van der Waals surface area contributed by atoms with Crippen LogP contribution in [0.3, 0.4) is 0 Å². The molecular formula is C20H30N4. The van der Waals surface area contributed by atoms with Gasteiger partial charge >= 0.3 is 0 Å². The number of nitrogens with one attached hydrogen (secondary N) is 2. The first-order valence-corrected chi connectivity index (χ1v) is 8.86. The largest absolute Gasteiger partial charge is 0.354 e. The molecule has 0 radical (unpaired) electrons. The molecule has 1 aromatic carbocycles. The van der Waals surface area contributed by atoms with Crippen molar-refractivity contribution in [1.82, 2.24) is 9.97 Å². The zero-order valence-electron chi connectivity index (χ0n) is 15.6. The molecule has 130 valence electrons. The molecule has 1 heterocycles. The van der Waals surface area contributed by atoms with Crippen LogP contribution < -0.4 is 10.6 Å². The van der Waals surface area contributed by atoms with Gasteiger partial charge in [0.2, 0.25) is 5.95 Å². The van der Waals surface area contributed by atoms with E-state index in [1.54, 1.807) is 0 Å². The molecule has 0 fully saturated rings. The summed E-state index contributed by atoms with van der Waals surface area (Å²) in [6.07, 6.45) is 3.58. The van der Waals surface area contributed by atoms with E-state index in [9.17, 15) is 0 Å². The first-order valence-electron chi connectivity index (χ1n) is 8.86. The maximum absolute atomic E-state index is 4.62. The lowest BCUT2D eigenvalue weighted by molar-refractivity contribution is 0.592. The summed E-state index contributed by atoms with van der Waals surface area (Å²) in [6, 6.07) is 10.4. The minimum Gasteiger partial charge on any atom is -0.354 e. The fraction of sp³-hybridized carbons (Fsp3) is 0.500. The van der Waals surface area contributed by atoms with Gasteiger partial charge in [-0.15, -0.1) is 0 Å². The van der Waals surface area contributed by atoms with Gasteiger partial charge in [-0.2, -0.15) is 4.98 Å². The Labute approximate surface area is 146 Å². The average Bonchev–Trinajstić information content (AvgIpc) is 2.50. The lowest BCUT2D eigenvalue weighted by atomic mass is 9.86. The molecule has 0 unspecified atom stereocenters. The van der Waals surface area contributed by atoms with Crippen LogP contribution in [-0.4, -0.2) is 16.5 Å². The number of hydrogen-bond acceptors (Lipinski definition) is 4. The van der Waals surface area contributed by atoms with Crippen LogP contribution >= 0.6 is 0 Å². The van der Waals surface area contributed by atoms with Crippen molar-refractivity contribution in [3.63, 3.8) is 0 Å². The Kier molecular flexibility index (Phi) is 6.18. The second-order valence-corrected chi connectivity index (χ2v) is 7.27. The van der Waals surface area contributed by atoms with Crippen molar-refractivity contribution in [3.05, 3.63) is 41.6 Å². The van der Waals surface area contributed by atoms with Crippen molar-refractivity contribution >= 4 is 17.5 Å². The van der Waals surface area contributed by atoms with E-state index in [-0.39, 0.29) is 5.41 Å². The first-order chi connectivity index (χ1) is 11.4. The SMILES string of the molecule is CCCCCNc1nc(C)cc(Nc2ccccc2C(C)(C)C)n1. The second-order valence-electron chi connectivity index (χ2n) is 7.27. The maximum Gasteiger partial charge on any atom is 0.224 e. The number of aryl methyl sites for hydroxylation is 1. The third-order valence-corrected chi connectivity index (χ3v) is 3.92. The monoisotopic (exact) mass is 326 g/mol. The van der Waals surface area contributed by atoms with Crippen LogP contribution in [0.1, 0.15) is 58.2 Å².